The van der Waals surface area contributed by atoms with Gasteiger partial charge in [0.05, 0.1) is 28.9 Å². The molecule has 0 radical (unpaired) electrons. The number of nitrogen functional groups attached to an aromatic ring is 1. The summed E-state index contributed by atoms with van der Waals surface area (Å²) < 4.78 is 27.1. The lowest BCUT2D eigenvalue weighted by Crippen LogP contribution is -2.46. The lowest BCUT2D eigenvalue weighted by molar-refractivity contribution is 0.0556. The maximum absolute atomic E-state index is 13.0. The molecule has 13 nitrogen and oxygen atoms in total. The van der Waals surface area contributed by atoms with Gasteiger partial charge in [0.2, 0.25) is 5.82 Å². The van der Waals surface area contributed by atoms with E-state index in [1.807, 2.05) is 4.90 Å². The number of sulfone groups is 1. The number of nitrogens with zero attached hydrogens (tertiary/aromatic N) is 7. The van der Waals surface area contributed by atoms with E-state index in [2.05, 4.69) is 25.3 Å². The monoisotopic (exact) mass is 529 g/mol. The fourth-order valence-corrected chi connectivity index (χ4v) is 7.36. The molecule has 6 rings (SSSR count). The number of hydrogen-bond donors (Lipinski definition) is 3. The van der Waals surface area contributed by atoms with E-state index in [4.69, 9.17) is 10.7 Å². The first kappa shape index (κ1) is 23.0. The van der Waals surface area contributed by atoms with Crippen LogP contribution in [-0.2, 0) is 16.4 Å². The number of nitrogens with one attached hydrogen (secondary N) is 1. The van der Waals surface area contributed by atoms with Gasteiger partial charge in [0.1, 0.15) is 22.0 Å². The SMILES string of the molecule is CS(=O)(=O)c1c([C@@H]2C[C@H]3CC[C@@H](C2)N3C(=O)c2nnc[nH]2)nc2c(-c3cnc(CO)s3)cnn2c1N. The number of aliphatic hydroxyl groups excluding tert-OH is 1. The van der Waals surface area contributed by atoms with Crippen LogP contribution < -0.4 is 5.73 Å². The zero-order valence-corrected chi connectivity index (χ0v) is 20.8. The molecule has 6 heterocycles. The first-order chi connectivity index (χ1) is 17.3. The van der Waals surface area contributed by atoms with Crippen LogP contribution in [0.25, 0.3) is 16.1 Å². The Labute approximate surface area is 209 Å². The van der Waals surface area contributed by atoms with Crippen molar-refractivity contribution in [3.63, 3.8) is 0 Å². The first-order valence-corrected chi connectivity index (χ1v) is 14.1. The molecule has 3 atom stereocenters. The van der Waals surface area contributed by atoms with Gasteiger partial charge in [-0.3, -0.25) is 4.79 Å². The molecule has 2 aliphatic rings. The van der Waals surface area contributed by atoms with Crippen LogP contribution in [0.5, 0.6) is 0 Å². The molecule has 1 amide bonds. The van der Waals surface area contributed by atoms with E-state index in [1.54, 1.807) is 12.4 Å². The number of thiazole rings is 1. The molecule has 36 heavy (non-hydrogen) atoms. The highest BCUT2D eigenvalue weighted by Gasteiger charge is 2.46. The van der Waals surface area contributed by atoms with Crippen molar-refractivity contribution in [2.45, 2.75) is 55.2 Å². The number of carbonyl (C=O) groups is 1. The Hall–Kier alpha value is -3.43. The molecule has 0 aliphatic carbocycles. The van der Waals surface area contributed by atoms with Crippen LogP contribution in [0.2, 0.25) is 0 Å². The molecule has 0 saturated carbocycles. The minimum absolute atomic E-state index is 0.00293. The third-order valence-corrected chi connectivity index (χ3v) is 9.14. The number of rotatable bonds is 5. The van der Waals surface area contributed by atoms with Gasteiger partial charge >= 0.3 is 0 Å². The van der Waals surface area contributed by atoms with Crippen LogP contribution in [-0.4, -0.2) is 77.4 Å². The third kappa shape index (κ3) is 3.57. The molecule has 2 aliphatic heterocycles. The fourth-order valence-electron chi connectivity index (χ4n) is 5.52. The number of anilines is 1. The predicted molar refractivity (Wildman–Crippen MR) is 129 cm³/mol. The summed E-state index contributed by atoms with van der Waals surface area (Å²) in [4.78, 5) is 27.4. The molecule has 0 aromatic carbocycles. The van der Waals surface area contributed by atoms with Crippen molar-refractivity contribution in [3.05, 3.63) is 35.2 Å². The average molecular weight is 530 g/mol. The minimum Gasteiger partial charge on any atom is -0.389 e. The number of H-pyrrole nitrogens is 1. The fraction of sp³-hybridized carbons (Fsp3) is 0.429. The minimum atomic E-state index is -3.73. The number of aromatic amines is 1. The Bertz CT molecular complexity index is 1560. The quantitative estimate of drug-likeness (QED) is 0.337. The number of piperidine rings is 1. The van der Waals surface area contributed by atoms with E-state index in [9.17, 15) is 18.3 Å². The van der Waals surface area contributed by atoms with E-state index in [-0.39, 0.29) is 47.1 Å². The molecular formula is C21H23N9O4S2. The lowest BCUT2D eigenvalue weighted by Gasteiger charge is -2.38. The Morgan fingerprint density at radius 3 is 2.64 bits per heavy atom. The zero-order chi connectivity index (χ0) is 25.2. The lowest BCUT2D eigenvalue weighted by atomic mass is 9.87. The molecular weight excluding hydrogens is 506 g/mol. The summed E-state index contributed by atoms with van der Waals surface area (Å²) in [5, 5.41) is 21.8. The molecule has 0 spiro atoms. The summed E-state index contributed by atoms with van der Waals surface area (Å²) in [5.41, 5.74) is 7.89. The summed E-state index contributed by atoms with van der Waals surface area (Å²) in [5.74, 6) is -0.215. The van der Waals surface area contributed by atoms with Gasteiger partial charge in [-0.2, -0.15) is 9.61 Å². The number of hydrogen-bond acceptors (Lipinski definition) is 11. The number of amides is 1. The number of nitrogens with two attached hydrogens (primary N) is 1. The molecule has 2 saturated heterocycles. The Morgan fingerprint density at radius 2 is 2.03 bits per heavy atom. The Balaban J connectivity index is 1.44. The molecule has 2 bridgehead atoms. The summed E-state index contributed by atoms with van der Waals surface area (Å²) in [6.07, 6.45) is 8.44. The molecule has 2 fully saturated rings. The van der Waals surface area contributed by atoms with Gasteiger partial charge in [0.25, 0.3) is 5.91 Å². The van der Waals surface area contributed by atoms with E-state index in [0.29, 0.717) is 34.8 Å². The Morgan fingerprint density at radius 1 is 1.28 bits per heavy atom. The maximum Gasteiger partial charge on any atom is 0.292 e. The van der Waals surface area contributed by atoms with Crippen molar-refractivity contribution in [2.24, 2.45) is 0 Å². The number of carbonyl (C=O) groups excluding carboxylic acids is 1. The van der Waals surface area contributed by atoms with E-state index in [0.717, 1.165) is 24.0 Å². The molecule has 188 valence electrons. The molecule has 15 heteroatoms. The van der Waals surface area contributed by atoms with Gasteiger partial charge in [0, 0.05) is 30.5 Å². The number of aromatic nitrogens is 7. The van der Waals surface area contributed by atoms with Crippen LogP contribution in [0.4, 0.5) is 5.82 Å². The molecule has 0 unspecified atom stereocenters. The summed E-state index contributed by atoms with van der Waals surface area (Å²) in [6.45, 7) is -0.183. The second-order valence-corrected chi connectivity index (χ2v) is 12.2. The largest absolute Gasteiger partial charge is 0.389 e. The van der Waals surface area contributed by atoms with Crippen LogP contribution in [0.3, 0.4) is 0 Å². The van der Waals surface area contributed by atoms with E-state index >= 15 is 0 Å². The summed E-state index contributed by atoms with van der Waals surface area (Å²) in [7, 11) is -3.73. The van der Waals surface area contributed by atoms with Gasteiger partial charge in [-0.15, -0.1) is 21.5 Å². The second-order valence-electron chi connectivity index (χ2n) is 9.16. The Kier molecular flexibility index (Phi) is 5.31. The van der Waals surface area contributed by atoms with Crippen molar-refractivity contribution in [3.8, 4) is 10.4 Å². The van der Waals surface area contributed by atoms with Crippen molar-refractivity contribution in [2.75, 3.05) is 12.0 Å². The highest BCUT2D eigenvalue weighted by Crippen LogP contribution is 2.45. The number of aliphatic hydroxyl groups is 1. The van der Waals surface area contributed by atoms with Crippen LogP contribution in [0, 0.1) is 0 Å². The zero-order valence-electron chi connectivity index (χ0n) is 19.2. The topological polar surface area (TPSA) is 185 Å². The summed E-state index contributed by atoms with van der Waals surface area (Å²) >= 11 is 1.30. The maximum atomic E-state index is 13.0. The van der Waals surface area contributed by atoms with Gasteiger partial charge in [-0.1, -0.05) is 0 Å². The smallest absolute Gasteiger partial charge is 0.292 e. The van der Waals surface area contributed by atoms with E-state index < -0.39 is 9.84 Å². The van der Waals surface area contributed by atoms with E-state index in [1.165, 1.54) is 22.2 Å². The molecule has 4 aromatic rings. The highest BCUT2D eigenvalue weighted by atomic mass is 32.2. The number of fused-ring (bicyclic) bond motifs is 3. The molecule has 4 N–H and O–H groups in total. The highest BCUT2D eigenvalue weighted by molar-refractivity contribution is 7.91. The summed E-state index contributed by atoms with van der Waals surface area (Å²) in [6, 6.07) is -0.146. The standard InChI is InChI=1S/C21H23N9O4S2/c1-36(33,34)17-16(10-4-11-2-3-12(5-10)29(11)21(32)19-24-9-25-28-19)27-20-13(6-26-30(20)18(17)22)14-7-23-15(8-31)35-14/h6-7,9-12,31H,2-5,8,22H2,1H3,(H,24,25,28)/t10-,11-,12+. The van der Waals surface area contributed by atoms with Crippen molar-refractivity contribution >= 4 is 38.5 Å². The van der Waals surface area contributed by atoms with Crippen molar-refractivity contribution < 1.29 is 18.3 Å². The van der Waals surface area contributed by atoms with Crippen molar-refractivity contribution in [1.82, 2.24) is 39.7 Å². The first-order valence-electron chi connectivity index (χ1n) is 11.4. The van der Waals surface area contributed by atoms with Crippen LogP contribution in [0.1, 0.15) is 52.9 Å². The van der Waals surface area contributed by atoms with Crippen molar-refractivity contribution in [1.29, 1.82) is 0 Å². The van der Waals surface area contributed by atoms with Crippen LogP contribution >= 0.6 is 11.3 Å². The normalized spacial score (nSPS) is 21.9. The van der Waals surface area contributed by atoms with Gasteiger partial charge in [-0.05, 0) is 25.7 Å². The van der Waals surface area contributed by atoms with Gasteiger partial charge in [0.15, 0.2) is 15.5 Å². The predicted octanol–water partition coefficient (Wildman–Crippen LogP) is 1.000. The molecule has 4 aromatic heterocycles. The second kappa shape index (κ2) is 8.31. The van der Waals surface area contributed by atoms with Gasteiger partial charge in [-0.25, -0.2) is 18.4 Å². The van der Waals surface area contributed by atoms with Crippen LogP contribution in [0.15, 0.2) is 23.6 Å². The van der Waals surface area contributed by atoms with Gasteiger partial charge < -0.3 is 20.7 Å². The third-order valence-electron chi connectivity index (χ3n) is 6.96. The average Bonchev–Trinajstić information content (AvgIpc) is 3.63.